The number of nitrogens with one attached hydrogen (secondary N) is 1. The van der Waals surface area contributed by atoms with E-state index in [2.05, 4.69) is 5.32 Å². The van der Waals surface area contributed by atoms with Crippen molar-refractivity contribution in [2.45, 2.75) is 39.2 Å². The number of aromatic nitrogens is 1. The van der Waals surface area contributed by atoms with Gasteiger partial charge in [-0.3, -0.25) is 14.4 Å². The van der Waals surface area contributed by atoms with Gasteiger partial charge < -0.3 is 19.5 Å². The number of carbonyl (C=O) groups is 3. The number of ketones is 1. The molecule has 1 aromatic heterocycles. The van der Waals surface area contributed by atoms with Gasteiger partial charge in [0, 0.05) is 49.9 Å². The van der Waals surface area contributed by atoms with Gasteiger partial charge in [0.2, 0.25) is 5.91 Å². The Morgan fingerprint density at radius 1 is 1.10 bits per heavy atom. The van der Waals surface area contributed by atoms with Crippen molar-refractivity contribution < 1.29 is 19.1 Å². The van der Waals surface area contributed by atoms with Gasteiger partial charge in [-0.2, -0.15) is 0 Å². The Bertz CT molecular complexity index is 868. The van der Waals surface area contributed by atoms with Crippen LogP contribution >= 0.6 is 0 Å². The van der Waals surface area contributed by atoms with Crippen LogP contribution < -0.4 is 5.32 Å². The summed E-state index contributed by atoms with van der Waals surface area (Å²) in [5.41, 5.74) is 1.11. The number of carbonyl (C=O) groups excluding carboxylic acids is 3. The average molecular weight is 399 g/mol. The van der Waals surface area contributed by atoms with E-state index >= 15 is 0 Å². The van der Waals surface area contributed by atoms with E-state index in [9.17, 15) is 14.4 Å². The minimum atomic E-state index is -0.633. The molecule has 3 rings (SSSR count). The van der Waals surface area contributed by atoms with E-state index in [0.29, 0.717) is 37.1 Å². The SMILES string of the molecule is CCOCCCNC(=O)C(=O)c1cn(CC(=O)N2CCCCC2)c2ccccc12. The van der Waals surface area contributed by atoms with Crippen LogP contribution in [0.25, 0.3) is 10.9 Å². The van der Waals surface area contributed by atoms with Crippen molar-refractivity contribution in [3.05, 3.63) is 36.0 Å². The topological polar surface area (TPSA) is 80.6 Å². The summed E-state index contributed by atoms with van der Waals surface area (Å²) < 4.78 is 7.01. The van der Waals surface area contributed by atoms with E-state index in [1.807, 2.05) is 36.1 Å². The Hall–Kier alpha value is -2.67. The fraction of sp³-hybridized carbons (Fsp3) is 0.500. The maximum Gasteiger partial charge on any atom is 0.292 e. The van der Waals surface area contributed by atoms with Gasteiger partial charge in [0.1, 0.15) is 6.54 Å². The second kappa shape index (κ2) is 10.2. The molecule has 156 valence electrons. The van der Waals surface area contributed by atoms with Crippen molar-refractivity contribution in [2.24, 2.45) is 0 Å². The molecule has 0 aliphatic carbocycles. The van der Waals surface area contributed by atoms with Gasteiger partial charge in [0.25, 0.3) is 11.7 Å². The van der Waals surface area contributed by atoms with Crippen LogP contribution in [0.5, 0.6) is 0 Å². The summed E-state index contributed by atoms with van der Waals surface area (Å²) in [5, 5.41) is 3.34. The summed E-state index contributed by atoms with van der Waals surface area (Å²) in [4.78, 5) is 39.6. The number of amides is 2. The van der Waals surface area contributed by atoms with E-state index in [4.69, 9.17) is 4.74 Å². The number of ether oxygens (including phenoxy) is 1. The highest BCUT2D eigenvalue weighted by atomic mass is 16.5. The smallest absolute Gasteiger partial charge is 0.292 e. The molecule has 29 heavy (non-hydrogen) atoms. The van der Waals surface area contributed by atoms with Crippen molar-refractivity contribution in [3.63, 3.8) is 0 Å². The fourth-order valence-electron chi connectivity index (χ4n) is 3.67. The van der Waals surface area contributed by atoms with Crippen LogP contribution in [0.2, 0.25) is 0 Å². The normalized spacial score (nSPS) is 14.2. The first-order chi connectivity index (χ1) is 14.1. The predicted octanol–water partition coefficient (Wildman–Crippen LogP) is 2.38. The van der Waals surface area contributed by atoms with Crippen molar-refractivity contribution in [3.8, 4) is 0 Å². The van der Waals surface area contributed by atoms with Gasteiger partial charge in [0.15, 0.2) is 0 Å². The molecule has 1 fully saturated rings. The lowest BCUT2D eigenvalue weighted by Gasteiger charge is -2.27. The Morgan fingerprint density at radius 2 is 1.86 bits per heavy atom. The predicted molar refractivity (Wildman–Crippen MR) is 111 cm³/mol. The Morgan fingerprint density at radius 3 is 2.62 bits per heavy atom. The lowest BCUT2D eigenvalue weighted by atomic mass is 10.1. The van der Waals surface area contributed by atoms with Crippen LogP contribution in [0.1, 0.15) is 43.0 Å². The minimum absolute atomic E-state index is 0.0461. The third-order valence-corrected chi connectivity index (χ3v) is 5.21. The number of nitrogens with zero attached hydrogens (tertiary/aromatic N) is 2. The van der Waals surface area contributed by atoms with E-state index in [1.165, 1.54) is 0 Å². The van der Waals surface area contributed by atoms with Crippen molar-refractivity contribution in [1.29, 1.82) is 0 Å². The highest BCUT2D eigenvalue weighted by Crippen LogP contribution is 2.22. The summed E-state index contributed by atoms with van der Waals surface area (Å²) in [5.74, 6) is -1.17. The number of hydrogen-bond donors (Lipinski definition) is 1. The minimum Gasteiger partial charge on any atom is -0.382 e. The molecule has 0 saturated carbocycles. The quantitative estimate of drug-likeness (QED) is 0.399. The molecule has 0 unspecified atom stereocenters. The molecule has 0 spiro atoms. The zero-order valence-corrected chi connectivity index (χ0v) is 17.0. The van der Waals surface area contributed by atoms with Crippen LogP contribution in [-0.4, -0.2) is 59.9 Å². The molecule has 0 bridgehead atoms. The zero-order valence-electron chi connectivity index (χ0n) is 17.0. The summed E-state index contributed by atoms with van der Waals surface area (Å²) in [7, 11) is 0. The van der Waals surface area contributed by atoms with Gasteiger partial charge in [-0.05, 0) is 38.7 Å². The number of fused-ring (bicyclic) bond motifs is 1. The second-order valence-corrected chi connectivity index (χ2v) is 7.26. The maximum atomic E-state index is 12.7. The molecule has 7 nitrogen and oxygen atoms in total. The van der Waals surface area contributed by atoms with Gasteiger partial charge >= 0.3 is 0 Å². The van der Waals surface area contributed by atoms with E-state index < -0.39 is 11.7 Å². The van der Waals surface area contributed by atoms with E-state index in [-0.39, 0.29) is 12.5 Å². The number of hydrogen-bond acceptors (Lipinski definition) is 4. The molecule has 2 amide bonds. The Kier molecular flexibility index (Phi) is 7.41. The van der Waals surface area contributed by atoms with E-state index in [0.717, 1.165) is 37.9 Å². The summed E-state index contributed by atoms with van der Waals surface area (Å²) in [6, 6.07) is 7.38. The molecular formula is C22H29N3O4. The number of piperidine rings is 1. The number of benzene rings is 1. The Balaban J connectivity index is 1.72. The molecule has 7 heteroatoms. The molecule has 1 saturated heterocycles. The standard InChI is InChI=1S/C22H29N3O4/c1-2-29-14-8-11-23-22(28)21(27)18-15-25(19-10-5-4-9-17(18)19)16-20(26)24-12-6-3-7-13-24/h4-5,9-10,15H,2-3,6-8,11-14,16H2,1H3,(H,23,28). The molecule has 0 atom stereocenters. The van der Waals surface area contributed by atoms with Gasteiger partial charge in [0.05, 0.1) is 5.56 Å². The highest BCUT2D eigenvalue weighted by Gasteiger charge is 2.23. The van der Waals surface area contributed by atoms with Crippen LogP contribution in [-0.2, 0) is 20.9 Å². The largest absolute Gasteiger partial charge is 0.382 e. The first-order valence-electron chi connectivity index (χ1n) is 10.4. The molecule has 1 N–H and O–H groups in total. The lowest BCUT2D eigenvalue weighted by Crippen LogP contribution is -2.37. The second-order valence-electron chi connectivity index (χ2n) is 7.26. The third-order valence-electron chi connectivity index (χ3n) is 5.21. The summed E-state index contributed by atoms with van der Waals surface area (Å²) in [6.07, 6.45) is 5.51. The van der Waals surface area contributed by atoms with Crippen molar-refractivity contribution in [1.82, 2.24) is 14.8 Å². The number of likely N-dealkylation sites (tertiary alicyclic amines) is 1. The van der Waals surface area contributed by atoms with Crippen LogP contribution in [0.15, 0.2) is 30.5 Å². The summed E-state index contributed by atoms with van der Waals surface area (Å²) >= 11 is 0. The molecule has 2 heterocycles. The van der Waals surface area contributed by atoms with Crippen molar-refractivity contribution in [2.75, 3.05) is 32.8 Å². The maximum absolute atomic E-state index is 12.7. The molecule has 1 aromatic carbocycles. The number of Topliss-reactive ketones (excluding diaryl/α,β-unsaturated/α-hetero) is 1. The van der Waals surface area contributed by atoms with Crippen LogP contribution in [0, 0.1) is 0 Å². The molecule has 0 radical (unpaired) electrons. The molecular weight excluding hydrogens is 370 g/mol. The van der Waals surface area contributed by atoms with Crippen LogP contribution in [0.4, 0.5) is 0 Å². The number of rotatable bonds is 9. The summed E-state index contributed by atoms with van der Waals surface area (Å²) in [6.45, 7) is 5.21. The first kappa shape index (κ1) is 21.0. The highest BCUT2D eigenvalue weighted by molar-refractivity contribution is 6.45. The molecule has 1 aliphatic rings. The fourth-order valence-corrected chi connectivity index (χ4v) is 3.67. The van der Waals surface area contributed by atoms with E-state index in [1.54, 1.807) is 10.8 Å². The van der Waals surface area contributed by atoms with Gasteiger partial charge in [-0.1, -0.05) is 18.2 Å². The Labute approximate surface area is 171 Å². The third kappa shape index (κ3) is 5.23. The van der Waals surface area contributed by atoms with Crippen molar-refractivity contribution >= 4 is 28.5 Å². The monoisotopic (exact) mass is 399 g/mol. The first-order valence-corrected chi connectivity index (χ1v) is 10.4. The van der Waals surface area contributed by atoms with Crippen LogP contribution in [0.3, 0.4) is 0 Å². The lowest BCUT2D eigenvalue weighted by molar-refractivity contribution is -0.132. The zero-order chi connectivity index (χ0) is 20.6. The van der Waals surface area contributed by atoms with Gasteiger partial charge in [-0.15, -0.1) is 0 Å². The average Bonchev–Trinajstić information content (AvgIpc) is 3.12. The molecule has 1 aliphatic heterocycles. The van der Waals surface area contributed by atoms with Gasteiger partial charge in [-0.25, -0.2) is 0 Å². The number of para-hydroxylation sites is 1. The molecule has 2 aromatic rings.